The quantitative estimate of drug-likeness (QED) is 0.0130. The molecule has 6 aromatic rings. The van der Waals surface area contributed by atoms with Gasteiger partial charge in [-0.2, -0.15) is 0 Å². The number of amidine groups is 4. The smallest absolute Gasteiger partial charge is 0.395 e. The van der Waals surface area contributed by atoms with Crippen LogP contribution < -0.4 is 33.1 Å². The van der Waals surface area contributed by atoms with E-state index in [-0.39, 0.29) is 235 Å². The van der Waals surface area contributed by atoms with E-state index in [4.69, 9.17) is 74.1 Å². The molecule has 40 nitrogen and oxygen atoms in total. The molecule has 46 heteroatoms. The fourth-order valence-electron chi connectivity index (χ4n) is 9.78. The predicted molar refractivity (Wildman–Crippen MR) is 447 cm³/mol. The van der Waals surface area contributed by atoms with E-state index in [2.05, 4.69) is 50.1 Å². The number of rotatable bonds is 46. The molecule has 4 aromatic heterocycles. The molecule has 0 radical (unpaired) electrons. The number of hydrogen-bond acceptors (Lipinski definition) is 37. The zero-order valence-electron chi connectivity index (χ0n) is 67.5. The van der Waals surface area contributed by atoms with Gasteiger partial charge in [0.2, 0.25) is 0 Å². The number of benzene rings is 2. The van der Waals surface area contributed by atoms with E-state index in [1.54, 1.807) is 32.1 Å². The van der Waals surface area contributed by atoms with Gasteiger partial charge >= 0.3 is 23.7 Å². The molecule has 0 spiro atoms. The van der Waals surface area contributed by atoms with Crippen LogP contribution in [0.3, 0.4) is 0 Å². The van der Waals surface area contributed by atoms with Crippen LogP contribution in [0.4, 0.5) is 23.3 Å². The number of aliphatic hydroxyl groups is 2. The Hall–Kier alpha value is -8.10. The van der Waals surface area contributed by atoms with Crippen molar-refractivity contribution in [2.45, 2.75) is 134 Å². The summed E-state index contributed by atoms with van der Waals surface area (Å²) < 4.78 is 98.7. The number of nitrogens with zero attached hydrogens (tertiary/aromatic N) is 12. The molecular weight excluding hydrogens is 1670 g/mol. The Bertz CT molecular complexity index is 4470. The van der Waals surface area contributed by atoms with E-state index < -0.39 is 34.6 Å². The Morgan fingerprint density at radius 3 is 1.06 bits per heavy atom. The average molecular weight is 1770 g/mol. The van der Waals surface area contributed by atoms with Crippen LogP contribution in [-0.4, -0.2) is 207 Å². The van der Waals surface area contributed by atoms with Crippen molar-refractivity contribution in [2.24, 2.45) is 59.1 Å². The molecule has 3 unspecified atom stereocenters. The Kier molecular flexibility index (Phi) is 40.0. The van der Waals surface area contributed by atoms with Crippen LogP contribution in [0.2, 0.25) is 0 Å². The third kappa shape index (κ3) is 31.7. The molecular formula is C73H104N18O22P3S3+. The molecule has 650 valence electrons. The van der Waals surface area contributed by atoms with Crippen molar-refractivity contribution in [3.63, 3.8) is 0 Å². The van der Waals surface area contributed by atoms with Crippen LogP contribution >= 0.6 is 59.0 Å². The zero-order valence-corrected chi connectivity index (χ0v) is 72.6. The van der Waals surface area contributed by atoms with Crippen molar-refractivity contribution in [3.8, 4) is 0 Å². The number of thioether (sulfide) groups is 3. The van der Waals surface area contributed by atoms with Crippen LogP contribution in [0.15, 0.2) is 106 Å². The van der Waals surface area contributed by atoms with Crippen molar-refractivity contribution in [1.82, 2.24) is 48.4 Å². The number of imidazole rings is 4. The Balaban J connectivity index is 0.000000227. The minimum atomic E-state index is -3.73. The molecule has 119 heavy (non-hydrogen) atoms. The standard InChI is InChI=1S/C24H34N5O6PS.C23H32N5O7PS.C17H25N4O6PS.C9H12N4O3/c1-4-24(2,3)23(31)37-13-12-35-36(32,27-15-18-8-6-5-7-9-18)34-11-10-33-17-29-16-26-21-19(30)14-20(25)28-22(21)29;1-23(2,14-29)22(31)37-11-10-35-36(32,26-13-17-6-4-3-5-7-17)34-9-8-33-16-28-15-25-20-18(30)12-19(24)27-21(20)28;1-4-17(2,3)16(23)29-8-7-27-28(24)26-6-5-25-11-21-10-19-14-12(22)9-13(18)20-15(14)21;10-7-3-6(15)8-9(12-7)13(4-11-8)5-16-2-1-14/h5-9,16H,4,10-15,17H2,1-3H3,(H2,25,28)(H,27,32);3-7,15,29H,8-14,16H2,1-2H3,(H2,24,27)(H,26,32);10H,4-9,11H2,1-3H3,(H-,18,20,22);4,14H,1-3,5H2,(H2,10,12)/p+1. The molecule has 2 aromatic carbocycles. The van der Waals surface area contributed by atoms with Crippen LogP contribution in [-0.2, 0) is 114 Å². The highest BCUT2D eigenvalue weighted by atomic mass is 32.2. The van der Waals surface area contributed by atoms with Gasteiger partial charge in [-0.25, -0.2) is 59.2 Å². The number of hydrogen-bond donors (Lipinski definition) is 8. The highest BCUT2D eigenvalue weighted by molar-refractivity contribution is 8.14. The first-order valence-electron chi connectivity index (χ1n) is 37.5. The van der Waals surface area contributed by atoms with Crippen molar-refractivity contribution in [2.75, 3.05) is 96.5 Å². The first kappa shape index (κ1) is 98.0. The monoisotopic (exact) mass is 1770 g/mol. The molecule has 0 bridgehead atoms. The minimum absolute atomic E-state index is 0.00747. The Labute approximate surface area is 701 Å². The SMILES string of the molecule is CC(C)(CO)C(=O)SCCOP(=O)(NCc1ccccc1)OCCOCn1cnc2c1N=C(N)CC2=O.CCC(C)(C)C(=O)SCCOP(=O)(NCc1ccccc1)OCCOCn1cnc2c1N=C(N)CC2=O.CCC(C)(C)C(=O)SCCO[P+](=O)OCCOCn1cnc2c1N=C(N)CC2=O.NC1=Nc2c(ncn2COCCO)C(=O)C1. The molecule has 8 heterocycles. The normalized spacial score (nSPS) is 15.0. The third-order valence-corrected chi connectivity index (χ3v) is 24.9. The van der Waals surface area contributed by atoms with E-state index in [1.165, 1.54) is 37.1 Å². The molecule has 12 N–H and O–H groups in total. The molecule has 0 aliphatic carbocycles. The summed E-state index contributed by atoms with van der Waals surface area (Å²) in [5.74, 6) is 2.74. The molecule has 3 atom stereocenters. The van der Waals surface area contributed by atoms with Crippen LogP contribution in [0.5, 0.6) is 0 Å². The van der Waals surface area contributed by atoms with E-state index in [9.17, 15) is 52.4 Å². The lowest BCUT2D eigenvalue weighted by Crippen LogP contribution is -2.26. The molecule has 0 saturated carbocycles. The highest BCUT2D eigenvalue weighted by Crippen LogP contribution is 2.46. The van der Waals surface area contributed by atoms with Crippen molar-refractivity contribution in [1.29, 1.82) is 0 Å². The topological polar surface area (TPSA) is 552 Å². The zero-order chi connectivity index (χ0) is 86.8. The summed E-state index contributed by atoms with van der Waals surface area (Å²) in [4.78, 5) is 116. The number of carbonyl (C=O) groups excluding carboxylic acids is 7. The molecule has 4 aliphatic heterocycles. The van der Waals surface area contributed by atoms with Crippen LogP contribution in [0.1, 0.15) is 147 Å². The minimum Gasteiger partial charge on any atom is -0.395 e. The van der Waals surface area contributed by atoms with Crippen LogP contribution in [0.25, 0.3) is 0 Å². The molecule has 4 aliphatic rings. The number of nitrogens with one attached hydrogen (secondary N) is 2. The number of ketones is 4. The van der Waals surface area contributed by atoms with Crippen molar-refractivity contribution >= 4 is 144 Å². The lowest BCUT2D eigenvalue weighted by Gasteiger charge is -2.21. The van der Waals surface area contributed by atoms with Gasteiger partial charge in [-0.1, -0.05) is 137 Å². The lowest BCUT2D eigenvalue weighted by molar-refractivity contribution is -0.120. The largest absolute Gasteiger partial charge is 0.697 e. The first-order chi connectivity index (χ1) is 56.7. The predicted octanol–water partition coefficient (Wildman–Crippen LogP) is 8.94. The number of aliphatic imine (C=N–C) groups is 4. The van der Waals surface area contributed by atoms with E-state index in [0.29, 0.717) is 40.5 Å². The summed E-state index contributed by atoms with van der Waals surface area (Å²) in [6.45, 7) is 16.2. The van der Waals surface area contributed by atoms with Gasteiger partial charge in [-0.3, -0.25) is 69.9 Å². The summed E-state index contributed by atoms with van der Waals surface area (Å²) in [5, 5.41) is 23.6. The average Bonchev–Trinajstić information content (AvgIpc) is 1.68. The van der Waals surface area contributed by atoms with E-state index >= 15 is 0 Å². The Morgan fingerprint density at radius 1 is 0.445 bits per heavy atom. The van der Waals surface area contributed by atoms with Gasteiger partial charge in [0.05, 0.1) is 122 Å². The maximum Gasteiger partial charge on any atom is 0.697 e. The fraction of sp³-hybridized carbons (Fsp3) is 0.521. The van der Waals surface area contributed by atoms with Gasteiger partial charge in [0.25, 0.3) is 0 Å². The van der Waals surface area contributed by atoms with Gasteiger partial charge in [0.15, 0.2) is 84.5 Å². The van der Waals surface area contributed by atoms with Crippen LogP contribution in [0, 0.1) is 16.2 Å². The van der Waals surface area contributed by atoms with E-state index in [1.807, 2.05) is 102 Å². The van der Waals surface area contributed by atoms with Crippen molar-refractivity contribution < 1.29 is 104 Å². The second-order valence-electron chi connectivity index (χ2n) is 28.0. The maximum atomic E-state index is 13.4. The molecule has 0 saturated heterocycles. The van der Waals surface area contributed by atoms with Gasteiger partial charge in [-0.05, 0) is 37.8 Å². The summed E-state index contributed by atoms with van der Waals surface area (Å²) in [6.07, 6.45) is 7.58. The van der Waals surface area contributed by atoms with Gasteiger partial charge < -0.3 is 52.1 Å². The Morgan fingerprint density at radius 2 is 0.739 bits per heavy atom. The summed E-state index contributed by atoms with van der Waals surface area (Å²) in [7, 11) is -9.70. The number of nitrogens with two attached hydrogens (primary N) is 4. The number of carbonyl (C=O) groups is 7. The fourth-order valence-corrected chi connectivity index (χ4v) is 15.8. The number of aromatic nitrogens is 8. The second-order valence-corrected chi connectivity index (χ2v) is 35.8. The first-order valence-corrected chi connectivity index (χ1v) is 44.7. The lowest BCUT2D eigenvalue weighted by atomic mass is 9.92. The summed E-state index contributed by atoms with van der Waals surface area (Å²) in [6, 6.07) is 18.8. The number of aliphatic hydroxyl groups excluding tert-OH is 2. The number of ether oxygens (including phenoxy) is 4. The molecule has 10 rings (SSSR count). The number of fused-ring (bicyclic) bond motifs is 4. The van der Waals surface area contributed by atoms with Gasteiger partial charge in [-0.15, -0.1) is 9.05 Å². The third-order valence-electron chi connectivity index (χ3n) is 17.3. The van der Waals surface area contributed by atoms with Gasteiger partial charge in [0.1, 0.15) is 63.5 Å². The van der Waals surface area contributed by atoms with Gasteiger partial charge in [0, 0.05) is 45.7 Å². The summed E-state index contributed by atoms with van der Waals surface area (Å²) in [5.41, 5.74) is 23.8. The maximum absolute atomic E-state index is 13.4. The molecule has 0 amide bonds. The molecule has 0 fully saturated rings. The van der Waals surface area contributed by atoms with Crippen molar-refractivity contribution in [3.05, 3.63) is 120 Å². The highest BCUT2D eigenvalue weighted by Gasteiger charge is 2.34. The summed E-state index contributed by atoms with van der Waals surface area (Å²) >= 11 is 3.33. The second kappa shape index (κ2) is 48.5. The van der Waals surface area contributed by atoms with E-state index in [0.717, 1.165) is 47.5 Å². The number of Topliss-reactive ketones (excluding diaryl/α,β-unsaturated/α-hetero) is 4.